The van der Waals surface area contributed by atoms with Gasteiger partial charge >= 0.3 is 0 Å². The zero-order valence-electron chi connectivity index (χ0n) is 14.5. The van der Waals surface area contributed by atoms with E-state index >= 15 is 0 Å². The van der Waals surface area contributed by atoms with Crippen LogP contribution in [0.25, 0.3) is 37.4 Å². The van der Waals surface area contributed by atoms with Crippen LogP contribution in [0.3, 0.4) is 0 Å². The van der Waals surface area contributed by atoms with Crippen molar-refractivity contribution in [2.45, 2.75) is 13.8 Å². The van der Waals surface area contributed by atoms with Crippen molar-refractivity contribution in [2.75, 3.05) is 0 Å². The van der Waals surface area contributed by atoms with Gasteiger partial charge in [0, 0.05) is 22.8 Å². The van der Waals surface area contributed by atoms with Crippen molar-refractivity contribution in [3.05, 3.63) is 72.2 Å². The van der Waals surface area contributed by atoms with E-state index in [1.165, 1.54) is 4.70 Å². The molecule has 3 aromatic heterocycles. The average molecular weight is 356 g/mol. The minimum atomic E-state index is 0.972. The molecule has 2 aromatic carbocycles. The summed E-state index contributed by atoms with van der Waals surface area (Å²) in [6.07, 6.45) is 1.91. The van der Waals surface area contributed by atoms with Crippen LogP contribution in [0.4, 0.5) is 0 Å². The quantitative estimate of drug-likeness (QED) is 0.430. The SMILES string of the molecule is Cc1cc(C)n(-c2ccc3ncc(-c4nc5ccccc5s4)cc3c2)n1. The van der Waals surface area contributed by atoms with Gasteiger partial charge in [0.25, 0.3) is 0 Å². The molecule has 0 spiro atoms. The summed E-state index contributed by atoms with van der Waals surface area (Å²) in [6.45, 7) is 4.08. The van der Waals surface area contributed by atoms with E-state index in [0.717, 1.165) is 44.1 Å². The lowest BCUT2D eigenvalue weighted by Gasteiger charge is -2.06. The summed E-state index contributed by atoms with van der Waals surface area (Å²) in [5, 5.41) is 6.67. The van der Waals surface area contributed by atoms with Gasteiger partial charge in [-0.05, 0) is 56.3 Å². The third kappa shape index (κ3) is 2.48. The number of hydrogen-bond acceptors (Lipinski definition) is 4. The Hall–Kier alpha value is -3.05. The molecule has 0 radical (unpaired) electrons. The second-order valence-corrected chi connectivity index (χ2v) is 7.46. The third-order valence-corrected chi connectivity index (χ3v) is 5.55. The van der Waals surface area contributed by atoms with E-state index in [4.69, 9.17) is 4.98 Å². The van der Waals surface area contributed by atoms with Crippen LogP contribution >= 0.6 is 11.3 Å². The largest absolute Gasteiger partial charge is 0.256 e. The smallest absolute Gasteiger partial charge is 0.126 e. The van der Waals surface area contributed by atoms with Crippen LogP contribution in [0.1, 0.15) is 11.4 Å². The maximum absolute atomic E-state index is 4.75. The first-order valence-electron chi connectivity index (χ1n) is 8.47. The highest BCUT2D eigenvalue weighted by atomic mass is 32.1. The molecule has 0 N–H and O–H groups in total. The highest BCUT2D eigenvalue weighted by molar-refractivity contribution is 7.21. The molecule has 0 aliphatic carbocycles. The summed E-state index contributed by atoms with van der Waals surface area (Å²) in [6, 6.07) is 18.7. The number of benzene rings is 2. The zero-order chi connectivity index (χ0) is 17.7. The van der Waals surface area contributed by atoms with Crippen molar-refractivity contribution in [2.24, 2.45) is 0 Å². The predicted octanol–water partition coefficient (Wildman–Crippen LogP) is 5.31. The molecule has 0 bridgehead atoms. The highest BCUT2D eigenvalue weighted by Gasteiger charge is 2.09. The topological polar surface area (TPSA) is 43.6 Å². The maximum atomic E-state index is 4.75. The minimum Gasteiger partial charge on any atom is -0.256 e. The first kappa shape index (κ1) is 15.2. The monoisotopic (exact) mass is 356 g/mol. The number of rotatable bonds is 2. The fraction of sp³-hybridized carbons (Fsp3) is 0.0952. The molecule has 0 aliphatic heterocycles. The van der Waals surface area contributed by atoms with Gasteiger partial charge in [0.05, 0.1) is 27.1 Å². The van der Waals surface area contributed by atoms with Crippen LogP contribution in [0.2, 0.25) is 0 Å². The molecular formula is C21H16N4S. The van der Waals surface area contributed by atoms with Crippen LogP contribution in [0.15, 0.2) is 60.8 Å². The van der Waals surface area contributed by atoms with E-state index in [0.29, 0.717) is 0 Å². The molecule has 5 rings (SSSR count). The second-order valence-electron chi connectivity index (χ2n) is 6.43. The first-order chi connectivity index (χ1) is 12.7. The molecule has 5 heteroatoms. The number of hydrogen-bond donors (Lipinski definition) is 0. The van der Waals surface area contributed by atoms with Gasteiger partial charge in [-0.3, -0.25) is 4.98 Å². The Morgan fingerprint density at radius 1 is 0.923 bits per heavy atom. The minimum absolute atomic E-state index is 0.972. The number of nitrogens with zero attached hydrogens (tertiary/aromatic N) is 4. The Morgan fingerprint density at radius 2 is 1.81 bits per heavy atom. The van der Waals surface area contributed by atoms with Gasteiger partial charge in [-0.1, -0.05) is 12.1 Å². The van der Waals surface area contributed by atoms with Crippen molar-refractivity contribution in [3.8, 4) is 16.3 Å². The van der Waals surface area contributed by atoms with Gasteiger partial charge in [-0.15, -0.1) is 11.3 Å². The molecule has 126 valence electrons. The third-order valence-electron chi connectivity index (χ3n) is 4.46. The Bertz CT molecular complexity index is 1230. The summed E-state index contributed by atoms with van der Waals surface area (Å²) in [5.41, 5.74) is 6.24. The van der Waals surface area contributed by atoms with E-state index in [1.807, 2.05) is 42.1 Å². The fourth-order valence-electron chi connectivity index (χ4n) is 3.25. The molecule has 0 aliphatic rings. The van der Waals surface area contributed by atoms with E-state index in [9.17, 15) is 0 Å². The first-order valence-corrected chi connectivity index (χ1v) is 9.28. The molecule has 3 heterocycles. The Morgan fingerprint density at radius 3 is 2.62 bits per heavy atom. The molecule has 4 nitrogen and oxygen atoms in total. The lowest BCUT2D eigenvalue weighted by molar-refractivity contribution is 0.835. The summed E-state index contributed by atoms with van der Waals surface area (Å²) >= 11 is 1.70. The van der Waals surface area contributed by atoms with Crippen LogP contribution in [-0.4, -0.2) is 19.7 Å². The number of pyridine rings is 1. The number of aromatic nitrogens is 4. The van der Waals surface area contributed by atoms with Crippen molar-refractivity contribution >= 4 is 32.5 Å². The van der Waals surface area contributed by atoms with Gasteiger partial charge in [0.2, 0.25) is 0 Å². The van der Waals surface area contributed by atoms with Crippen LogP contribution in [0.5, 0.6) is 0 Å². The molecule has 0 atom stereocenters. The molecular weight excluding hydrogens is 340 g/mol. The standard InChI is InChI=1S/C21H16N4S/c1-13-9-14(2)25(24-13)17-7-8-18-15(11-17)10-16(12-22-18)21-23-19-5-3-4-6-20(19)26-21/h3-12H,1-2H3. The lowest BCUT2D eigenvalue weighted by Crippen LogP contribution is -1.99. The van der Waals surface area contributed by atoms with Gasteiger partial charge < -0.3 is 0 Å². The van der Waals surface area contributed by atoms with Crippen LogP contribution < -0.4 is 0 Å². The maximum Gasteiger partial charge on any atom is 0.126 e. The van der Waals surface area contributed by atoms with Crippen molar-refractivity contribution < 1.29 is 0 Å². The summed E-state index contributed by atoms with van der Waals surface area (Å²) in [7, 11) is 0. The fourth-order valence-corrected chi connectivity index (χ4v) is 4.20. The van der Waals surface area contributed by atoms with Gasteiger partial charge in [0.15, 0.2) is 0 Å². The molecule has 0 saturated heterocycles. The van der Waals surface area contributed by atoms with Crippen LogP contribution in [0, 0.1) is 13.8 Å². The number of fused-ring (bicyclic) bond motifs is 2. The molecule has 26 heavy (non-hydrogen) atoms. The predicted molar refractivity (Wildman–Crippen MR) is 107 cm³/mol. The molecule has 0 amide bonds. The average Bonchev–Trinajstić information content (AvgIpc) is 3.23. The van der Waals surface area contributed by atoms with Gasteiger partial charge in [-0.2, -0.15) is 5.10 Å². The zero-order valence-corrected chi connectivity index (χ0v) is 15.3. The van der Waals surface area contributed by atoms with Crippen LogP contribution in [-0.2, 0) is 0 Å². The highest BCUT2D eigenvalue weighted by Crippen LogP contribution is 2.31. The van der Waals surface area contributed by atoms with E-state index in [-0.39, 0.29) is 0 Å². The molecule has 0 saturated carbocycles. The molecule has 5 aromatic rings. The lowest BCUT2D eigenvalue weighted by atomic mass is 10.1. The van der Waals surface area contributed by atoms with E-state index in [1.54, 1.807) is 11.3 Å². The normalized spacial score (nSPS) is 11.5. The van der Waals surface area contributed by atoms with Crippen molar-refractivity contribution in [1.29, 1.82) is 0 Å². The molecule has 0 unspecified atom stereocenters. The summed E-state index contributed by atoms with van der Waals surface area (Å²) < 4.78 is 3.16. The Balaban J connectivity index is 1.65. The Labute approximate surface area is 154 Å². The second kappa shape index (κ2) is 5.75. The van der Waals surface area contributed by atoms with Gasteiger partial charge in [-0.25, -0.2) is 9.67 Å². The molecule has 0 fully saturated rings. The van der Waals surface area contributed by atoms with E-state index in [2.05, 4.69) is 47.3 Å². The summed E-state index contributed by atoms with van der Waals surface area (Å²) in [4.78, 5) is 9.38. The summed E-state index contributed by atoms with van der Waals surface area (Å²) in [5.74, 6) is 0. The number of para-hydroxylation sites is 1. The van der Waals surface area contributed by atoms with Gasteiger partial charge in [0.1, 0.15) is 5.01 Å². The number of thiazole rings is 1. The van der Waals surface area contributed by atoms with Crippen molar-refractivity contribution in [1.82, 2.24) is 19.7 Å². The Kier molecular flexibility index (Phi) is 3.36. The van der Waals surface area contributed by atoms with E-state index < -0.39 is 0 Å². The number of aryl methyl sites for hydroxylation is 2. The van der Waals surface area contributed by atoms with Crippen molar-refractivity contribution in [3.63, 3.8) is 0 Å².